The molecule has 162 valence electrons. The van der Waals surface area contributed by atoms with Crippen LogP contribution >= 0.6 is 0 Å². The Labute approximate surface area is 187 Å². The number of anilines is 2. The van der Waals surface area contributed by atoms with E-state index in [1.165, 1.54) is 29.3 Å². The normalized spacial score (nSPS) is 10.9. The number of hydrogen-bond donors (Lipinski definition) is 3. The molecule has 2 heterocycles. The lowest BCUT2D eigenvalue weighted by Crippen LogP contribution is -2.24. The SMILES string of the molecule is O=C(O)c1ccccc1ON(c1ccc2cccc(O)c2n1)c1ccc2cccc(O)c2n1. The van der Waals surface area contributed by atoms with E-state index in [-0.39, 0.29) is 34.4 Å². The maximum atomic E-state index is 11.7. The summed E-state index contributed by atoms with van der Waals surface area (Å²) in [6.07, 6.45) is 0. The van der Waals surface area contributed by atoms with Crippen LogP contribution in [0.3, 0.4) is 0 Å². The number of fused-ring (bicyclic) bond motifs is 2. The first-order valence-electron chi connectivity index (χ1n) is 9.99. The van der Waals surface area contributed by atoms with Crippen LogP contribution in [0.2, 0.25) is 0 Å². The average Bonchev–Trinajstić information content (AvgIpc) is 2.83. The first-order chi connectivity index (χ1) is 16.0. The summed E-state index contributed by atoms with van der Waals surface area (Å²) in [6.45, 7) is 0. The quantitative estimate of drug-likeness (QED) is 0.327. The van der Waals surface area contributed by atoms with Crippen LogP contribution in [0.15, 0.2) is 84.9 Å². The third kappa shape index (κ3) is 3.70. The van der Waals surface area contributed by atoms with Gasteiger partial charge < -0.3 is 20.2 Å². The van der Waals surface area contributed by atoms with Crippen LogP contribution in [-0.2, 0) is 0 Å². The minimum Gasteiger partial charge on any atom is -0.506 e. The lowest BCUT2D eigenvalue weighted by molar-refractivity contribution is 0.0692. The minimum absolute atomic E-state index is 0.00986. The minimum atomic E-state index is -1.15. The van der Waals surface area contributed by atoms with Crippen molar-refractivity contribution in [1.82, 2.24) is 9.97 Å². The van der Waals surface area contributed by atoms with Crippen molar-refractivity contribution in [3.63, 3.8) is 0 Å². The number of aromatic nitrogens is 2. The highest BCUT2D eigenvalue weighted by Gasteiger charge is 2.21. The third-order valence-electron chi connectivity index (χ3n) is 5.09. The standard InChI is InChI=1S/C25H17N3O5/c29-18-8-3-5-15-11-13-21(26-23(15)18)28(33-20-10-2-1-7-17(20)25(31)32)22-14-12-16-6-4-9-19(30)24(16)27-22/h1-14,29-30H,(H,31,32). The van der Waals surface area contributed by atoms with Crippen molar-refractivity contribution in [2.75, 3.05) is 5.06 Å². The molecule has 0 saturated carbocycles. The molecule has 0 aliphatic carbocycles. The maximum Gasteiger partial charge on any atom is 0.339 e. The van der Waals surface area contributed by atoms with Gasteiger partial charge in [0, 0.05) is 10.8 Å². The van der Waals surface area contributed by atoms with E-state index in [9.17, 15) is 20.1 Å². The molecule has 0 bridgehead atoms. The Hall–Kier alpha value is -4.85. The van der Waals surface area contributed by atoms with Gasteiger partial charge in [-0.2, -0.15) is 0 Å². The molecule has 3 N–H and O–H groups in total. The lowest BCUT2D eigenvalue weighted by Gasteiger charge is -2.24. The van der Waals surface area contributed by atoms with E-state index in [0.717, 1.165) is 0 Å². The van der Waals surface area contributed by atoms with Crippen molar-refractivity contribution in [2.24, 2.45) is 0 Å². The predicted molar refractivity (Wildman–Crippen MR) is 123 cm³/mol. The van der Waals surface area contributed by atoms with Crippen molar-refractivity contribution < 1.29 is 25.0 Å². The van der Waals surface area contributed by atoms with Gasteiger partial charge in [-0.05, 0) is 48.5 Å². The van der Waals surface area contributed by atoms with Crippen molar-refractivity contribution in [2.45, 2.75) is 0 Å². The van der Waals surface area contributed by atoms with Crippen LogP contribution in [0.5, 0.6) is 17.2 Å². The smallest absolute Gasteiger partial charge is 0.339 e. The Morgan fingerprint density at radius 2 is 1.24 bits per heavy atom. The second kappa shape index (κ2) is 8.01. The molecular weight excluding hydrogens is 422 g/mol. The third-order valence-corrected chi connectivity index (χ3v) is 5.09. The van der Waals surface area contributed by atoms with Crippen LogP contribution in [0.25, 0.3) is 21.8 Å². The molecule has 0 aliphatic heterocycles. The van der Waals surface area contributed by atoms with Gasteiger partial charge in [0.2, 0.25) is 0 Å². The second-order valence-corrected chi connectivity index (χ2v) is 7.22. The summed E-state index contributed by atoms with van der Waals surface area (Å²) >= 11 is 0. The fourth-order valence-electron chi connectivity index (χ4n) is 3.50. The molecule has 8 heteroatoms. The number of hydrogen-bond acceptors (Lipinski definition) is 7. The number of nitrogens with zero attached hydrogens (tertiary/aromatic N) is 3. The van der Waals surface area contributed by atoms with Gasteiger partial charge in [-0.3, -0.25) is 0 Å². The van der Waals surface area contributed by atoms with Crippen LogP contribution in [0.4, 0.5) is 11.6 Å². The van der Waals surface area contributed by atoms with E-state index >= 15 is 0 Å². The Bertz CT molecular complexity index is 1430. The molecule has 2 aromatic heterocycles. The number of phenolic OH excluding ortho intramolecular Hbond substituents is 2. The fourth-order valence-corrected chi connectivity index (χ4v) is 3.50. The summed E-state index contributed by atoms with van der Waals surface area (Å²) in [4.78, 5) is 26.8. The van der Waals surface area contributed by atoms with Gasteiger partial charge in [0.25, 0.3) is 0 Å². The largest absolute Gasteiger partial charge is 0.506 e. The number of carbonyl (C=O) groups is 1. The van der Waals surface area contributed by atoms with Gasteiger partial charge in [-0.15, -0.1) is 5.06 Å². The van der Waals surface area contributed by atoms with Crippen LogP contribution in [-0.4, -0.2) is 31.3 Å². The molecular formula is C25H17N3O5. The Kier molecular flexibility index (Phi) is 4.87. The van der Waals surface area contributed by atoms with Crippen molar-refractivity contribution in [3.8, 4) is 17.2 Å². The molecule has 8 nitrogen and oxygen atoms in total. The lowest BCUT2D eigenvalue weighted by atomic mass is 10.2. The Balaban J connectivity index is 1.70. The summed E-state index contributed by atoms with van der Waals surface area (Å²) in [6, 6.07) is 23.1. The highest BCUT2D eigenvalue weighted by molar-refractivity contribution is 5.91. The molecule has 0 atom stereocenters. The first kappa shape index (κ1) is 20.1. The molecule has 5 rings (SSSR count). The summed E-state index contributed by atoms with van der Waals surface area (Å²) in [5.74, 6) is -0.589. The molecule has 0 spiro atoms. The topological polar surface area (TPSA) is 116 Å². The van der Waals surface area contributed by atoms with Crippen molar-refractivity contribution >= 4 is 39.4 Å². The van der Waals surface area contributed by atoms with E-state index in [1.54, 1.807) is 48.5 Å². The monoisotopic (exact) mass is 439 g/mol. The predicted octanol–water partition coefficient (Wildman–Crippen LogP) is 5.02. The van der Waals surface area contributed by atoms with E-state index < -0.39 is 5.97 Å². The molecule has 5 aromatic rings. The zero-order chi connectivity index (χ0) is 22.9. The molecule has 3 aromatic carbocycles. The number of carboxylic acids is 1. The summed E-state index contributed by atoms with van der Waals surface area (Å²) < 4.78 is 0. The average molecular weight is 439 g/mol. The van der Waals surface area contributed by atoms with E-state index in [4.69, 9.17) is 4.84 Å². The van der Waals surface area contributed by atoms with Crippen molar-refractivity contribution in [3.05, 3.63) is 90.5 Å². The number of aromatic hydroxyl groups is 2. The zero-order valence-corrected chi connectivity index (χ0v) is 17.1. The molecule has 0 fully saturated rings. The highest BCUT2D eigenvalue weighted by atomic mass is 16.7. The van der Waals surface area contributed by atoms with Crippen LogP contribution < -0.4 is 9.90 Å². The van der Waals surface area contributed by atoms with Gasteiger partial charge in [-0.25, -0.2) is 14.8 Å². The number of rotatable bonds is 5. The van der Waals surface area contributed by atoms with E-state index in [0.29, 0.717) is 21.8 Å². The Morgan fingerprint density at radius 3 is 1.79 bits per heavy atom. The Morgan fingerprint density at radius 1 is 0.697 bits per heavy atom. The zero-order valence-electron chi connectivity index (χ0n) is 17.1. The molecule has 0 radical (unpaired) electrons. The number of carboxylic acid groups (broad SMARTS) is 1. The van der Waals surface area contributed by atoms with Crippen LogP contribution in [0, 0.1) is 0 Å². The highest BCUT2D eigenvalue weighted by Crippen LogP contribution is 2.33. The summed E-state index contributed by atoms with van der Waals surface area (Å²) in [5.41, 5.74) is 0.646. The summed E-state index contributed by atoms with van der Waals surface area (Å²) in [5, 5.41) is 32.8. The fraction of sp³-hybridized carbons (Fsp3) is 0. The molecule has 0 saturated heterocycles. The number of benzene rings is 3. The molecule has 33 heavy (non-hydrogen) atoms. The van der Waals surface area contributed by atoms with Gasteiger partial charge in [0.05, 0.1) is 0 Å². The molecule has 0 amide bonds. The van der Waals surface area contributed by atoms with Gasteiger partial charge in [-0.1, -0.05) is 36.4 Å². The maximum absolute atomic E-state index is 11.7. The number of pyridine rings is 2. The van der Waals surface area contributed by atoms with E-state index in [1.807, 2.05) is 12.1 Å². The molecule has 0 aliphatic rings. The van der Waals surface area contributed by atoms with Gasteiger partial charge in [0.15, 0.2) is 17.4 Å². The number of aromatic carboxylic acids is 1. The molecule has 0 unspecified atom stereocenters. The second-order valence-electron chi connectivity index (χ2n) is 7.22. The van der Waals surface area contributed by atoms with Crippen molar-refractivity contribution in [1.29, 1.82) is 0 Å². The number of phenols is 2. The van der Waals surface area contributed by atoms with Gasteiger partial charge in [0.1, 0.15) is 28.1 Å². The number of para-hydroxylation sites is 3. The summed E-state index contributed by atoms with van der Waals surface area (Å²) in [7, 11) is 0. The first-order valence-corrected chi connectivity index (χ1v) is 9.99. The van der Waals surface area contributed by atoms with Gasteiger partial charge >= 0.3 is 5.97 Å². The van der Waals surface area contributed by atoms with Crippen LogP contribution in [0.1, 0.15) is 10.4 Å². The van der Waals surface area contributed by atoms with E-state index in [2.05, 4.69) is 9.97 Å².